The maximum atomic E-state index is 13.6. The fourth-order valence-electron chi connectivity index (χ4n) is 4.76. The van der Waals surface area contributed by atoms with Crippen LogP contribution in [-0.2, 0) is 6.42 Å². The molecule has 0 fully saturated rings. The summed E-state index contributed by atoms with van der Waals surface area (Å²) in [6.45, 7) is 4.88. The number of methoxy groups -OCH3 is 1. The number of aromatic nitrogens is 2. The molecule has 3 aromatic carbocycles. The van der Waals surface area contributed by atoms with E-state index in [9.17, 15) is 9.90 Å². The molecule has 4 aromatic rings. The van der Waals surface area contributed by atoms with Gasteiger partial charge in [0.15, 0.2) is 0 Å². The topological polar surface area (TPSA) is 78.5 Å². The van der Waals surface area contributed by atoms with Gasteiger partial charge in [-0.1, -0.05) is 62.4 Å². The Bertz CT molecular complexity index is 1340. The van der Waals surface area contributed by atoms with Crippen molar-refractivity contribution in [3.8, 4) is 22.8 Å². The summed E-state index contributed by atoms with van der Waals surface area (Å²) < 4.78 is 5.27. The molecule has 0 spiro atoms. The molecular weight excluding hydrogens is 438 g/mol. The van der Waals surface area contributed by atoms with Crippen LogP contribution in [0, 0.1) is 0 Å². The Morgan fingerprint density at radius 3 is 2.40 bits per heavy atom. The van der Waals surface area contributed by atoms with Gasteiger partial charge in [-0.25, -0.2) is 0 Å². The van der Waals surface area contributed by atoms with E-state index in [2.05, 4.69) is 48.3 Å². The van der Waals surface area contributed by atoms with Gasteiger partial charge in [0, 0.05) is 17.7 Å². The van der Waals surface area contributed by atoms with Gasteiger partial charge in [-0.05, 0) is 53.3 Å². The minimum atomic E-state index is -0.301. The molecular formula is C29H29N3O3. The second-order valence-electron chi connectivity index (χ2n) is 9.20. The number of carbonyl (C=O) groups excluding carboxylic acids is 1. The molecule has 0 saturated heterocycles. The molecule has 2 heterocycles. The first-order valence-electron chi connectivity index (χ1n) is 11.9. The summed E-state index contributed by atoms with van der Waals surface area (Å²) in [5, 5.41) is 18.0. The Morgan fingerprint density at radius 2 is 1.74 bits per heavy atom. The molecule has 0 radical (unpaired) electrons. The summed E-state index contributed by atoms with van der Waals surface area (Å²) in [5.74, 6) is 1.28. The van der Waals surface area contributed by atoms with Crippen molar-refractivity contribution < 1.29 is 14.6 Å². The SMILES string of the molecule is COc1ccc(CCN2C(=O)c3[nH]nc(-c4ccccc4O)c3C2c2ccc(C(C)C)cc2)cc1. The highest BCUT2D eigenvalue weighted by Crippen LogP contribution is 2.44. The lowest BCUT2D eigenvalue weighted by Gasteiger charge is -2.27. The predicted octanol–water partition coefficient (Wildman–Crippen LogP) is 5.70. The normalized spacial score (nSPS) is 15.0. The average Bonchev–Trinajstić information content (AvgIpc) is 3.42. The Hall–Kier alpha value is -4.06. The van der Waals surface area contributed by atoms with Crippen LogP contribution in [0.25, 0.3) is 11.3 Å². The Kier molecular flexibility index (Phi) is 6.03. The lowest BCUT2D eigenvalue weighted by atomic mass is 9.93. The van der Waals surface area contributed by atoms with E-state index in [0.717, 1.165) is 22.4 Å². The molecule has 1 aliphatic rings. The number of amides is 1. The number of H-pyrrole nitrogens is 1. The zero-order valence-electron chi connectivity index (χ0n) is 20.2. The van der Waals surface area contributed by atoms with E-state index in [4.69, 9.17) is 4.74 Å². The van der Waals surface area contributed by atoms with Crippen LogP contribution >= 0.6 is 0 Å². The fraction of sp³-hybridized carbons (Fsp3) is 0.241. The van der Waals surface area contributed by atoms with Gasteiger partial charge in [0.05, 0.1) is 13.2 Å². The Labute approximate surface area is 205 Å². The number of hydrogen-bond acceptors (Lipinski definition) is 4. The highest BCUT2D eigenvalue weighted by Gasteiger charge is 2.42. The molecule has 6 nitrogen and oxygen atoms in total. The van der Waals surface area contributed by atoms with Crippen LogP contribution < -0.4 is 4.74 Å². The molecule has 0 aliphatic carbocycles. The van der Waals surface area contributed by atoms with Crippen molar-refractivity contribution in [3.05, 3.63) is 101 Å². The molecule has 5 rings (SSSR count). The molecule has 1 amide bonds. The van der Waals surface area contributed by atoms with Crippen LogP contribution in [-0.4, -0.2) is 39.8 Å². The lowest BCUT2D eigenvalue weighted by Crippen LogP contribution is -2.31. The summed E-state index contributed by atoms with van der Waals surface area (Å²) in [6.07, 6.45) is 0.708. The van der Waals surface area contributed by atoms with Gasteiger partial charge in [-0.3, -0.25) is 9.89 Å². The van der Waals surface area contributed by atoms with E-state index >= 15 is 0 Å². The first kappa shape index (κ1) is 22.7. The van der Waals surface area contributed by atoms with Gasteiger partial charge in [0.25, 0.3) is 5.91 Å². The van der Waals surface area contributed by atoms with Crippen molar-refractivity contribution in [2.24, 2.45) is 0 Å². The van der Waals surface area contributed by atoms with E-state index < -0.39 is 0 Å². The third-order valence-electron chi connectivity index (χ3n) is 6.74. The zero-order valence-corrected chi connectivity index (χ0v) is 20.2. The van der Waals surface area contributed by atoms with Crippen molar-refractivity contribution in [3.63, 3.8) is 0 Å². The number of nitrogens with one attached hydrogen (secondary N) is 1. The average molecular weight is 468 g/mol. The third-order valence-corrected chi connectivity index (χ3v) is 6.74. The molecule has 178 valence electrons. The molecule has 0 saturated carbocycles. The summed E-state index contributed by atoms with van der Waals surface area (Å²) in [7, 11) is 1.65. The van der Waals surface area contributed by atoms with Crippen molar-refractivity contribution >= 4 is 5.91 Å². The number of carbonyl (C=O) groups is 1. The van der Waals surface area contributed by atoms with Crippen molar-refractivity contribution in [2.75, 3.05) is 13.7 Å². The van der Waals surface area contributed by atoms with Gasteiger partial charge < -0.3 is 14.7 Å². The van der Waals surface area contributed by atoms with Gasteiger partial charge in [0.2, 0.25) is 0 Å². The summed E-state index contributed by atoms with van der Waals surface area (Å²) in [6, 6.07) is 23.2. The number of benzene rings is 3. The van der Waals surface area contributed by atoms with Crippen LogP contribution in [0.1, 0.15) is 58.5 Å². The number of phenols is 1. The number of hydrogen-bond donors (Lipinski definition) is 2. The van der Waals surface area contributed by atoms with Gasteiger partial charge in [-0.15, -0.1) is 0 Å². The largest absolute Gasteiger partial charge is 0.507 e. The van der Waals surface area contributed by atoms with Crippen LogP contribution in [0.2, 0.25) is 0 Å². The number of nitrogens with zero attached hydrogens (tertiary/aromatic N) is 2. The smallest absolute Gasteiger partial charge is 0.273 e. The van der Waals surface area contributed by atoms with Crippen molar-refractivity contribution in [1.82, 2.24) is 15.1 Å². The quantitative estimate of drug-likeness (QED) is 0.365. The molecule has 35 heavy (non-hydrogen) atoms. The number of aromatic amines is 1. The van der Waals surface area contributed by atoms with Crippen molar-refractivity contribution in [1.29, 1.82) is 0 Å². The monoisotopic (exact) mass is 467 g/mol. The Morgan fingerprint density at radius 1 is 1.03 bits per heavy atom. The molecule has 2 N–H and O–H groups in total. The molecule has 1 aromatic heterocycles. The molecule has 1 unspecified atom stereocenters. The van der Waals surface area contributed by atoms with E-state index in [-0.39, 0.29) is 17.7 Å². The standard InChI is InChI=1S/C29H29N3O3/c1-18(2)20-10-12-21(13-11-20)28-25-26(23-6-4-5-7-24(23)33)30-31-27(25)29(34)32(28)17-16-19-8-14-22(35-3)15-9-19/h4-15,18,28,33H,16-17H2,1-3H3,(H,30,31). The second-order valence-corrected chi connectivity index (χ2v) is 9.20. The first-order valence-corrected chi connectivity index (χ1v) is 11.9. The van der Waals surface area contributed by atoms with E-state index in [1.807, 2.05) is 41.3 Å². The number of para-hydroxylation sites is 1. The second kappa shape index (κ2) is 9.29. The number of fused-ring (bicyclic) bond motifs is 1. The maximum absolute atomic E-state index is 13.6. The molecule has 0 bridgehead atoms. The van der Waals surface area contributed by atoms with Gasteiger partial charge in [0.1, 0.15) is 22.9 Å². The third kappa shape index (κ3) is 4.16. The summed E-state index contributed by atoms with van der Waals surface area (Å²) >= 11 is 0. The number of rotatable bonds is 7. The van der Waals surface area contributed by atoms with E-state index in [0.29, 0.717) is 35.8 Å². The first-order chi connectivity index (χ1) is 17.0. The van der Waals surface area contributed by atoms with Crippen LogP contribution in [0.5, 0.6) is 11.5 Å². The summed E-state index contributed by atoms with van der Waals surface area (Å²) in [4.78, 5) is 15.5. The number of aromatic hydroxyl groups is 1. The van der Waals surface area contributed by atoms with E-state index in [1.165, 1.54) is 5.56 Å². The van der Waals surface area contributed by atoms with Crippen molar-refractivity contribution in [2.45, 2.75) is 32.2 Å². The zero-order chi connectivity index (χ0) is 24.5. The minimum Gasteiger partial charge on any atom is -0.507 e. The maximum Gasteiger partial charge on any atom is 0.273 e. The summed E-state index contributed by atoms with van der Waals surface area (Å²) in [5.41, 5.74) is 5.90. The highest BCUT2D eigenvalue weighted by atomic mass is 16.5. The predicted molar refractivity (Wildman–Crippen MR) is 136 cm³/mol. The highest BCUT2D eigenvalue weighted by molar-refractivity contribution is 6.00. The molecule has 6 heteroatoms. The molecule has 1 aliphatic heterocycles. The number of ether oxygens (including phenoxy) is 1. The van der Waals surface area contributed by atoms with E-state index in [1.54, 1.807) is 19.2 Å². The van der Waals surface area contributed by atoms with Crippen LogP contribution in [0.15, 0.2) is 72.8 Å². The lowest BCUT2D eigenvalue weighted by molar-refractivity contribution is 0.0746. The van der Waals surface area contributed by atoms with Crippen LogP contribution in [0.3, 0.4) is 0 Å². The molecule has 1 atom stereocenters. The number of phenolic OH excluding ortho intramolecular Hbond substituents is 1. The van der Waals surface area contributed by atoms with Crippen LogP contribution in [0.4, 0.5) is 0 Å². The van der Waals surface area contributed by atoms with Gasteiger partial charge >= 0.3 is 0 Å². The Balaban J connectivity index is 1.55. The minimum absolute atomic E-state index is 0.0828. The fourth-order valence-corrected chi connectivity index (χ4v) is 4.76. The van der Waals surface area contributed by atoms with Gasteiger partial charge in [-0.2, -0.15) is 5.10 Å².